The quantitative estimate of drug-likeness (QED) is 0.477. The first-order valence-corrected chi connectivity index (χ1v) is 7.36. The van der Waals surface area contributed by atoms with Gasteiger partial charge in [-0.3, -0.25) is 9.59 Å². The largest absolute Gasteiger partial charge is 0.466 e. The Hall–Kier alpha value is -0.840. The third kappa shape index (κ3) is 6.19. The van der Waals surface area contributed by atoms with Crippen molar-refractivity contribution in [2.75, 3.05) is 12.4 Å². The van der Waals surface area contributed by atoms with Crippen molar-refractivity contribution in [1.82, 2.24) is 0 Å². The molecule has 0 aliphatic rings. The Bertz CT molecular complexity index is 278. The van der Waals surface area contributed by atoms with Gasteiger partial charge in [-0.1, -0.05) is 32.0 Å². The van der Waals surface area contributed by atoms with Crippen molar-refractivity contribution in [2.45, 2.75) is 40.0 Å². The summed E-state index contributed by atoms with van der Waals surface area (Å²) in [7, 11) is 0. The first kappa shape index (κ1) is 17.2. The summed E-state index contributed by atoms with van der Waals surface area (Å²) in [6.07, 6.45) is 2.27. The molecule has 0 bridgehead atoms. The molecule has 0 rings (SSSR count). The van der Waals surface area contributed by atoms with Crippen LogP contribution >= 0.6 is 11.8 Å². The highest BCUT2D eigenvalue weighted by atomic mass is 32.2. The van der Waals surface area contributed by atoms with Crippen LogP contribution in [0.3, 0.4) is 0 Å². The molecule has 0 spiro atoms. The SMILES string of the molecule is CCCC(C=O)C(CC(=O)SCC)C(=O)OCC. The van der Waals surface area contributed by atoms with Crippen LogP contribution in [-0.4, -0.2) is 29.7 Å². The van der Waals surface area contributed by atoms with Crippen LogP contribution in [0.2, 0.25) is 0 Å². The van der Waals surface area contributed by atoms with Crippen LogP contribution in [0.25, 0.3) is 0 Å². The lowest BCUT2D eigenvalue weighted by Gasteiger charge is -2.20. The van der Waals surface area contributed by atoms with Gasteiger partial charge in [0.15, 0.2) is 5.12 Å². The fraction of sp³-hybridized carbons (Fsp3) is 0.769. The van der Waals surface area contributed by atoms with Gasteiger partial charge < -0.3 is 9.53 Å². The third-order valence-electron chi connectivity index (χ3n) is 2.59. The van der Waals surface area contributed by atoms with Crippen molar-refractivity contribution in [2.24, 2.45) is 11.8 Å². The van der Waals surface area contributed by atoms with Crippen molar-refractivity contribution in [1.29, 1.82) is 0 Å². The number of esters is 1. The molecule has 0 aromatic rings. The van der Waals surface area contributed by atoms with Crippen LogP contribution in [-0.2, 0) is 19.1 Å². The second-order valence-corrected chi connectivity index (χ2v) is 5.28. The third-order valence-corrected chi connectivity index (χ3v) is 3.37. The summed E-state index contributed by atoms with van der Waals surface area (Å²) < 4.78 is 4.95. The molecule has 0 aliphatic carbocycles. The molecule has 0 saturated heterocycles. The van der Waals surface area contributed by atoms with E-state index in [1.54, 1.807) is 6.92 Å². The van der Waals surface area contributed by atoms with Crippen LogP contribution < -0.4 is 0 Å². The molecular weight excluding hydrogens is 252 g/mol. The van der Waals surface area contributed by atoms with E-state index in [1.807, 2.05) is 13.8 Å². The van der Waals surface area contributed by atoms with E-state index in [4.69, 9.17) is 4.74 Å². The summed E-state index contributed by atoms with van der Waals surface area (Å²) >= 11 is 1.18. The van der Waals surface area contributed by atoms with Crippen LogP contribution in [0.5, 0.6) is 0 Å². The fourth-order valence-electron chi connectivity index (χ4n) is 1.76. The standard InChI is InChI=1S/C13H22O4S/c1-4-7-10(9-14)11(13(16)17-5-2)8-12(15)18-6-3/h9-11H,4-8H2,1-3H3. The summed E-state index contributed by atoms with van der Waals surface area (Å²) in [6, 6.07) is 0. The molecule has 0 aromatic carbocycles. The van der Waals surface area contributed by atoms with Gasteiger partial charge in [-0.25, -0.2) is 0 Å². The van der Waals surface area contributed by atoms with Crippen molar-refractivity contribution >= 4 is 29.1 Å². The van der Waals surface area contributed by atoms with Crippen LogP contribution in [0.1, 0.15) is 40.0 Å². The molecule has 5 heteroatoms. The van der Waals surface area contributed by atoms with Gasteiger partial charge in [-0.05, 0) is 19.1 Å². The number of hydrogen-bond donors (Lipinski definition) is 0. The van der Waals surface area contributed by atoms with Gasteiger partial charge in [0, 0.05) is 12.3 Å². The van der Waals surface area contributed by atoms with Crippen LogP contribution in [0.15, 0.2) is 0 Å². The molecule has 0 heterocycles. The maximum absolute atomic E-state index is 11.8. The predicted octanol–water partition coefficient (Wildman–Crippen LogP) is 2.45. The Morgan fingerprint density at radius 1 is 1.28 bits per heavy atom. The first-order valence-electron chi connectivity index (χ1n) is 6.38. The predicted molar refractivity (Wildman–Crippen MR) is 72.3 cm³/mol. The molecule has 0 fully saturated rings. The Balaban J connectivity index is 4.73. The molecule has 0 radical (unpaired) electrons. The van der Waals surface area contributed by atoms with Crippen molar-refractivity contribution in [3.05, 3.63) is 0 Å². The van der Waals surface area contributed by atoms with Crippen molar-refractivity contribution in [3.63, 3.8) is 0 Å². The van der Waals surface area contributed by atoms with Crippen molar-refractivity contribution < 1.29 is 19.1 Å². The Kier molecular flexibility index (Phi) is 9.64. The highest BCUT2D eigenvalue weighted by molar-refractivity contribution is 8.13. The zero-order valence-electron chi connectivity index (χ0n) is 11.3. The lowest BCUT2D eigenvalue weighted by Crippen LogP contribution is -2.29. The molecule has 2 atom stereocenters. The molecule has 104 valence electrons. The highest BCUT2D eigenvalue weighted by Gasteiger charge is 2.30. The molecule has 0 aromatic heterocycles. The summed E-state index contributed by atoms with van der Waals surface area (Å²) in [4.78, 5) is 34.5. The maximum Gasteiger partial charge on any atom is 0.310 e. The van der Waals surface area contributed by atoms with E-state index in [9.17, 15) is 14.4 Å². The van der Waals surface area contributed by atoms with E-state index in [2.05, 4.69) is 0 Å². The molecule has 2 unspecified atom stereocenters. The number of carbonyl (C=O) groups is 3. The highest BCUT2D eigenvalue weighted by Crippen LogP contribution is 2.24. The Morgan fingerprint density at radius 3 is 2.39 bits per heavy atom. The Morgan fingerprint density at radius 2 is 1.94 bits per heavy atom. The molecule has 0 aliphatic heterocycles. The van der Waals surface area contributed by atoms with Gasteiger partial charge >= 0.3 is 5.97 Å². The smallest absolute Gasteiger partial charge is 0.310 e. The van der Waals surface area contributed by atoms with Gasteiger partial charge in [0.1, 0.15) is 6.29 Å². The number of ether oxygens (including phenoxy) is 1. The summed E-state index contributed by atoms with van der Waals surface area (Å²) in [5, 5.41) is -0.0569. The average molecular weight is 274 g/mol. The van der Waals surface area contributed by atoms with E-state index in [1.165, 1.54) is 11.8 Å². The van der Waals surface area contributed by atoms with E-state index >= 15 is 0 Å². The zero-order valence-corrected chi connectivity index (χ0v) is 12.1. The minimum Gasteiger partial charge on any atom is -0.466 e. The minimum atomic E-state index is -0.631. The van der Waals surface area contributed by atoms with Gasteiger partial charge in [0.25, 0.3) is 0 Å². The molecular formula is C13H22O4S. The van der Waals surface area contributed by atoms with E-state index in [0.29, 0.717) is 12.2 Å². The normalized spacial score (nSPS) is 13.7. The second-order valence-electron chi connectivity index (χ2n) is 3.96. The minimum absolute atomic E-state index is 0.0569. The van der Waals surface area contributed by atoms with Gasteiger partial charge in [-0.2, -0.15) is 0 Å². The van der Waals surface area contributed by atoms with Crippen molar-refractivity contribution in [3.8, 4) is 0 Å². The molecule has 18 heavy (non-hydrogen) atoms. The summed E-state index contributed by atoms with van der Waals surface area (Å²) in [5.74, 6) is -0.814. The summed E-state index contributed by atoms with van der Waals surface area (Å²) in [5.41, 5.74) is 0. The van der Waals surface area contributed by atoms with Crippen LogP contribution in [0.4, 0.5) is 0 Å². The van der Waals surface area contributed by atoms with Crippen LogP contribution in [0, 0.1) is 11.8 Å². The van der Waals surface area contributed by atoms with Gasteiger partial charge in [0.05, 0.1) is 12.5 Å². The monoisotopic (exact) mass is 274 g/mol. The number of carbonyl (C=O) groups excluding carboxylic acids is 3. The van der Waals surface area contributed by atoms with E-state index in [0.717, 1.165) is 12.7 Å². The number of aldehydes is 1. The number of rotatable bonds is 9. The van der Waals surface area contributed by atoms with Gasteiger partial charge in [-0.15, -0.1) is 0 Å². The summed E-state index contributed by atoms with van der Waals surface area (Å²) in [6.45, 7) is 5.81. The lowest BCUT2D eigenvalue weighted by molar-refractivity contribution is -0.152. The first-order chi connectivity index (χ1) is 8.60. The fourth-order valence-corrected chi connectivity index (χ4v) is 2.38. The topological polar surface area (TPSA) is 60.4 Å². The van der Waals surface area contributed by atoms with E-state index < -0.39 is 17.8 Å². The number of hydrogen-bond acceptors (Lipinski definition) is 5. The molecule has 0 saturated carbocycles. The zero-order chi connectivity index (χ0) is 14.0. The number of thioether (sulfide) groups is 1. The lowest BCUT2D eigenvalue weighted by atomic mass is 9.87. The molecule has 0 amide bonds. The average Bonchev–Trinajstić information content (AvgIpc) is 2.34. The second kappa shape index (κ2) is 10.1. The van der Waals surface area contributed by atoms with Gasteiger partial charge in [0.2, 0.25) is 0 Å². The molecule has 4 nitrogen and oxygen atoms in total. The van der Waals surface area contributed by atoms with E-state index in [-0.39, 0.29) is 18.1 Å². The molecule has 0 N–H and O–H groups in total. The maximum atomic E-state index is 11.8. The Labute approximate surface area is 113 Å².